The van der Waals surface area contributed by atoms with E-state index >= 15 is 0 Å². The van der Waals surface area contributed by atoms with Crippen molar-refractivity contribution in [3.05, 3.63) is 48.2 Å². The number of hydrogen-bond donors (Lipinski definition) is 3. The molecule has 1 saturated carbocycles. The van der Waals surface area contributed by atoms with Crippen LogP contribution in [0.15, 0.2) is 36.5 Å². The van der Waals surface area contributed by atoms with Gasteiger partial charge in [-0.3, -0.25) is 4.79 Å². The second-order valence-corrected chi connectivity index (χ2v) is 11.5. The summed E-state index contributed by atoms with van der Waals surface area (Å²) in [5, 5.41) is 6.47. The van der Waals surface area contributed by atoms with Crippen LogP contribution in [0.3, 0.4) is 0 Å². The molecule has 0 atom stereocenters. The number of carbonyl (C=O) groups excluding carboxylic acids is 1. The number of halogens is 1. The van der Waals surface area contributed by atoms with Crippen molar-refractivity contribution in [1.82, 2.24) is 30.2 Å². The molecule has 1 saturated heterocycles. The van der Waals surface area contributed by atoms with Gasteiger partial charge in [0.1, 0.15) is 5.82 Å². The minimum atomic E-state index is -0.809. The fourth-order valence-corrected chi connectivity index (χ4v) is 5.21. The summed E-state index contributed by atoms with van der Waals surface area (Å²) in [4.78, 5) is 32.3. The third-order valence-corrected chi connectivity index (χ3v) is 7.64. The molecule has 11 heteroatoms. The van der Waals surface area contributed by atoms with Crippen LogP contribution in [0.25, 0.3) is 22.6 Å². The number of ether oxygens (including phenoxy) is 2. The smallest absolute Gasteiger partial charge is 0.230 e. The van der Waals surface area contributed by atoms with Gasteiger partial charge in [-0.1, -0.05) is 19.3 Å². The van der Waals surface area contributed by atoms with E-state index < -0.39 is 11.7 Å². The Morgan fingerprint density at radius 3 is 2.54 bits per heavy atom. The Bertz CT molecular complexity index is 1300. The highest BCUT2D eigenvalue weighted by atomic mass is 19.1. The van der Waals surface area contributed by atoms with Crippen molar-refractivity contribution >= 4 is 11.9 Å². The monoisotopic (exact) mass is 565 g/mol. The molecule has 1 aromatic carbocycles. The van der Waals surface area contributed by atoms with Gasteiger partial charge in [-0.05, 0) is 77.2 Å². The fourth-order valence-electron chi connectivity index (χ4n) is 5.21. The Morgan fingerprint density at radius 2 is 1.83 bits per heavy atom. The normalized spacial score (nSPS) is 21.6. The zero-order valence-corrected chi connectivity index (χ0v) is 24.1. The molecule has 3 N–H and O–H groups in total. The highest BCUT2D eigenvalue weighted by Gasteiger charge is 2.40. The van der Waals surface area contributed by atoms with Crippen LogP contribution in [0, 0.1) is 11.2 Å². The number of nitrogens with zero attached hydrogens (tertiary/aromatic N) is 4. The van der Waals surface area contributed by atoms with E-state index in [0.717, 1.165) is 31.4 Å². The Morgan fingerprint density at radius 1 is 1.10 bits per heavy atom. The highest BCUT2D eigenvalue weighted by Crippen LogP contribution is 2.35. The Labute approximate surface area is 240 Å². The Kier molecular flexibility index (Phi) is 9.26. The van der Waals surface area contributed by atoms with Gasteiger partial charge in [-0.2, -0.15) is 0 Å². The van der Waals surface area contributed by atoms with Crippen molar-refractivity contribution in [3.8, 4) is 22.6 Å². The average Bonchev–Trinajstić information content (AvgIpc) is 3.42. The lowest BCUT2D eigenvalue weighted by atomic mass is 9.91. The van der Waals surface area contributed by atoms with Gasteiger partial charge in [0.25, 0.3) is 0 Å². The molecule has 3 heterocycles. The van der Waals surface area contributed by atoms with Crippen molar-refractivity contribution < 1.29 is 18.7 Å². The first-order chi connectivity index (χ1) is 19.8. The summed E-state index contributed by atoms with van der Waals surface area (Å²) in [5.74, 6) is 0.590. The first kappa shape index (κ1) is 29.1. The number of aromatic nitrogens is 4. The van der Waals surface area contributed by atoms with E-state index in [2.05, 4.69) is 25.5 Å². The van der Waals surface area contributed by atoms with E-state index in [9.17, 15) is 9.18 Å². The third kappa shape index (κ3) is 7.27. The zero-order valence-electron chi connectivity index (χ0n) is 24.1. The van der Waals surface area contributed by atoms with Gasteiger partial charge in [-0.25, -0.2) is 19.3 Å². The van der Waals surface area contributed by atoms with Crippen LogP contribution in [0.4, 0.5) is 10.3 Å². The number of amides is 1. The van der Waals surface area contributed by atoms with Crippen LogP contribution in [0.5, 0.6) is 0 Å². The van der Waals surface area contributed by atoms with Crippen LogP contribution in [-0.2, 0) is 14.3 Å². The summed E-state index contributed by atoms with van der Waals surface area (Å²) >= 11 is 0. The van der Waals surface area contributed by atoms with Gasteiger partial charge in [0, 0.05) is 24.3 Å². The summed E-state index contributed by atoms with van der Waals surface area (Å²) in [6.07, 6.45) is 7.67. The van der Waals surface area contributed by atoms with Crippen molar-refractivity contribution in [1.29, 1.82) is 0 Å². The maximum absolute atomic E-state index is 13.7. The number of rotatable bonds is 10. The molecule has 2 aromatic heterocycles. The van der Waals surface area contributed by atoms with Crippen molar-refractivity contribution in [2.75, 3.05) is 45.7 Å². The summed E-state index contributed by atoms with van der Waals surface area (Å²) < 4.78 is 25.8. The maximum atomic E-state index is 13.7. The topological polar surface area (TPSA) is 117 Å². The second-order valence-electron chi connectivity index (χ2n) is 11.5. The molecule has 3 aromatic rings. The lowest BCUT2D eigenvalue weighted by molar-refractivity contribution is -0.231. The number of benzene rings is 1. The lowest BCUT2D eigenvalue weighted by Gasteiger charge is -2.35. The van der Waals surface area contributed by atoms with E-state index in [4.69, 9.17) is 19.4 Å². The molecule has 1 aliphatic heterocycles. The molecule has 10 nitrogen and oxygen atoms in total. The molecule has 1 amide bonds. The van der Waals surface area contributed by atoms with E-state index in [1.165, 1.54) is 31.4 Å². The number of H-pyrrole nitrogens is 1. The molecule has 0 radical (unpaired) electrons. The summed E-state index contributed by atoms with van der Waals surface area (Å²) in [7, 11) is 4.01. The molecule has 5 rings (SSSR count). The summed E-state index contributed by atoms with van der Waals surface area (Å²) in [5.41, 5.74) is 1.81. The first-order valence-corrected chi connectivity index (χ1v) is 14.4. The van der Waals surface area contributed by atoms with E-state index in [-0.39, 0.29) is 24.9 Å². The minimum Gasteiger partial charge on any atom is -0.355 e. The number of imidazole rings is 1. The third-order valence-electron chi connectivity index (χ3n) is 7.64. The van der Waals surface area contributed by atoms with Gasteiger partial charge >= 0.3 is 0 Å². The molecule has 0 bridgehead atoms. The van der Waals surface area contributed by atoms with E-state index in [1.54, 1.807) is 18.3 Å². The summed E-state index contributed by atoms with van der Waals surface area (Å²) in [6, 6.07) is 8.34. The minimum absolute atomic E-state index is 0.0965. The standard InChI is InChI=1S/C30H40FN7O3/c1-30(28(39)32-15-7-17-38(2)3)18-40-27(41-19-30)26-36-24(20-10-12-21(31)13-11-20)25(37-26)23-14-16-33-29(35-23)34-22-8-5-4-6-9-22/h10-14,16,22,27H,4-9,15,17-19H2,1-3H3,(H,32,39)(H,36,37)(H,33,34,35). The first-order valence-electron chi connectivity index (χ1n) is 14.4. The number of carbonyl (C=O) groups is 1. The molecule has 1 aliphatic carbocycles. The van der Waals surface area contributed by atoms with Crippen LogP contribution >= 0.6 is 0 Å². The Balaban J connectivity index is 1.34. The Hall–Kier alpha value is -3.41. The average molecular weight is 566 g/mol. The molecule has 220 valence electrons. The van der Waals surface area contributed by atoms with Crippen LogP contribution in [0.1, 0.15) is 57.6 Å². The van der Waals surface area contributed by atoms with Crippen molar-refractivity contribution in [2.24, 2.45) is 5.41 Å². The van der Waals surface area contributed by atoms with Crippen molar-refractivity contribution in [3.63, 3.8) is 0 Å². The highest BCUT2D eigenvalue weighted by molar-refractivity contribution is 5.82. The van der Waals surface area contributed by atoms with Crippen LogP contribution < -0.4 is 10.6 Å². The second kappa shape index (κ2) is 13.1. The molecular weight excluding hydrogens is 525 g/mol. The van der Waals surface area contributed by atoms with Gasteiger partial charge in [0.2, 0.25) is 18.1 Å². The quantitative estimate of drug-likeness (QED) is 0.307. The van der Waals surface area contributed by atoms with Gasteiger partial charge in [0.15, 0.2) is 5.82 Å². The van der Waals surface area contributed by atoms with Crippen LogP contribution in [-0.4, -0.2) is 77.2 Å². The van der Waals surface area contributed by atoms with Gasteiger partial charge in [-0.15, -0.1) is 0 Å². The largest absolute Gasteiger partial charge is 0.355 e. The fraction of sp³-hybridized carbons (Fsp3) is 0.533. The number of nitrogens with one attached hydrogen (secondary N) is 3. The predicted molar refractivity (Wildman–Crippen MR) is 154 cm³/mol. The number of aromatic amines is 1. The summed E-state index contributed by atoms with van der Waals surface area (Å²) in [6.45, 7) is 3.69. The SMILES string of the molecule is CN(C)CCCNC(=O)C1(C)COC(c2nc(-c3ccc(F)cc3)c(-c3ccnc(NC4CCCCC4)n3)[nH]2)OC1. The van der Waals surface area contributed by atoms with Gasteiger partial charge < -0.3 is 30.0 Å². The molecule has 0 spiro atoms. The maximum Gasteiger partial charge on any atom is 0.230 e. The molecule has 2 fully saturated rings. The van der Waals surface area contributed by atoms with Crippen molar-refractivity contribution in [2.45, 2.75) is 57.8 Å². The number of anilines is 1. The molecule has 41 heavy (non-hydrogen) atoms. The van der Waals surface area contributed by atoms with Gasteiger partial charge in [0.05, 0.1) is 35.7 Å². The molecule has 2 aliphatic rings. The van der Waals surface area contributed by atoms with Crippen LogP contribution in [0.2, 0.25) is 0 Å². The van der Waals surface area contributed by atoms with E-state index in [1.807, 2.05) is 27.1 Å². The van der Waals surface area contributed by atoms with E-state index in [0.29, 0.717) is 41.4 Å². The lowest BCUT2D eigenvalue weighted by Crippen LogP contribution is -2.49. The number of hydrogen-bond acceptors (Lipinski definition) is 8. The zero-order chi connectivity index (χ0) is 28.8. The predicted octanol–water partition coefficient (Wildman–Crippen LogP) is 4.54. The molecule has 0 unspecified atom stereocenters. The molecular formula is C30H40FN7O3.